The molecular weight excluding hydrogens is 224 g/mol. The second-order valence-corrected chi connectivity index (χ2v) is 4.63. The van der Waals surface area contributed by atoms with Crippen LogP contribution in [0.2, 0.25) is 0 Å². The molecule has 0 fully saturated rings. The Labute approximate surface area is 105 Å². The van der Waals surface area contributed by atoms with E-state index in [1.807, 2.05) is 37.3 Å². The zero-order valence-corrected chi connectivity index (χ0v) is 10.4. The first kappa shape index (κ1) is 10.8. The molecule has 2 aromatic carbocycles. The molecule has 1 aromatic heterocycles. The highest BCUT2D eigenvalue weighted by molar-refractivity contribution is 5.72. The van der Waals surface area contributed by atoms with Crippen LogP contribution in [-0.4, -0.2) is 0 Å². The van der Waals surface area contributed by atoms with Gasteiger partial charge >= 0.3 is 5.89 Å². The number of aryl methyl sites for hydroxylation is 2. The van der Waals surface area contributed by atoms with Gasteiger partial charge < -0.3 is 10.2 Å². The summed E-state index contributed by atoms with van der Waals surface area (Å²) in [5, 5.41) is 0. The maximum absolute atomic E-state index is 5.83. The first-order chi connectivity index (χ1) is 8.63. The smallest absolute Gasteiger partial charge is 0.380 e. The van der Waals surface area contributed by atoms with Crippen LogP contribution in [-0.2, 0) is 0 Å². The number of anilines is 1. The largest absolute Gasteiger partial charge is 0.399 e. The van der Waals surface area contributed by atoms with Crippen molar-refractivity contribution < 1.29 is 9.40 Å². The molecule has 18 heavy (non-hydrogen) atoms. The third-order valence-electron chi connectivity index (χ3n) is 3.09. The minimum Gasteiger partial charge on any atom is -0.399 e. The number of nitrogens with one attached hydrogen (secondary N) is 1. The van der Waals surface area contributed by atoms with E-state index in [1.54, 1.807) is 0 Å². The number of nitrogen functional groups attached to an aromatic ring is 1. The normalized spacial score (nSPS) is 11.0. The van der Waals surface area contributed by atoms with Crippen LogP contribution in [0, 0.1) is 13.8 Å². The van der Waals surface area contributed by atoms with Crippen LogP contribution in [0.1, 0.15) is 11.1 Å². The lowest BCUT2D eigenvalue weighted by molar-refractivity contribution is -0.338. The van der Waals surface area contributed by atoms with Gasteiger partial charge in [0, 0.05) is 11.8 Å². The highest BCUT2D eigenvalue weighted by atomic mass is 16.3. The van der Waals surface area contributed by atoms with Gasteiger partial charge in [-0.15, -0.1) is 0 Å². The Morgan fingerprint density at radius 3 is 2.67 bits per heavy atom. The average Bonchev–Trinajstić information content (AvgIpc) is 2.71. The number of aromatic amines is 1. The molecule has 0 aliphatic heterocycles. The lowest BCUT2D eigenvalue weighted by atomic mass is 10.1. The molecule has 0 aliphatic rings. The fourth-order valence-corrected chi connectivity index (χ4v) is 2.15. The van der Waals surface area contributed by atoms with E-state index in [0.717, 1.165) is 33.8 Å². The van der Waals surface area contributed by atoms with E-state index in [4.69, 9.17) is 10.2 Å². The number of H-pyrrole nitrogens is 1. The molecule has 3 rings (SSSR count). The van der Waals surface area contributed by atoms with Crippen molar-refractivity contribution in [2.24, 2.45) is 0 Å². The van der Waals surface area contributed by atoms with Crippen molar-refractivity contribution in [3.05, 3.63) is 47.5 Å². The molecule has 0 bridgehead atoms. The van der Waals surface area contributed by atoms with Crippen molar-refractivity contribution in [2.45, 2.75) is 13.8 Å². The maximum atomic E-state index is 5.83. The molecule has 0 saturated heterocycles. The minimum atomic E-state index is 0.767. The first-order valence-electron chi connectivity index (χ1n) is 5.92. The summed E-state index contributed by atoms with van der Waals surface area (Å²) in [4.78, 5) is 3.31. The van der Waals surface area contributed by atoms with Crippen molar-refractivity contribution in [3.63, 3.8) is 0 Å². The summed E-state index contributed by atoms with van der Waals surface area (Å²) in [6, 6.07) is 11.9. The van der Waals surface area contributed by atoms with Gasteiger partial charge in [0.05, 0.1) is 5.56 Å². The molecule has 0 aliphatic carbocycles. The summed E-state index contributed by atoms with van der Waals surface area (Å²) in [5.74, 6) is 0.771. The Bertz CT molecular complexity index is 728. The molecule has 0 unspecified atom stereocenters. The average molecular weight is 239 g/mol. The van der Waals surface area contributed by atoms with E-state index in [9.17, 15) is 0 Å². The summed E-state index contributed by atoms with van der Waals surface area (Å²) in [5.41, 5.74) is 11.8. The molecule has 0 amide bonds. The molecule has 1 heterocycles. The van der Waals surface area contributed by atoms with Crippen LogP contribution in [0.25, 0.3) is 22.6 Å². The molecule has 90 valence electrons. The van der Waals surface area contributed by atoms with Crippen molar-refractivity contribution in [1.82, 2.24) is 0 Å². The van der Waals surface area contributed by atoms with Crippen LogP contribution in [0.3, 0.4) is 0 Å². The fourth-order valence-electron chi connectivity index (χ4n) is 2.15. The van der Waals surface area contributed by atoms with Gasteiger partial charge in [-0.25, -0.2) is 0 Å². The fraction of sp³-hybridized carbons (Fsp3) is 0.133. The quantitative estimate of drug-likeness (QED) is 0.663. The van der Waals surface area contributed by atoms with Gasteiger partial charge in [-0.05, 0) is 49.2 Å². The van der Waals surface area contributed by atoms with Crippen LogP contribution in [0.15, 0.2) is 40.8 Å². The van der Waals surface area contributed by atoms with Crippen LogP contribution in [0.4, 0.5) is 5.69 Å². The van der Waals surface area contributed by atoms with Crippen LogP contribution < -0.4 is 10.7 Å². The molecule has 0 saturated carbocycles. The molecule has 3 N–H and O–H groups in total. The third kappa shape index (κ3) is 1.74. The molecule has 3 nitrogen and oxygen atoms in total. The first-order valence-corrected chi connectivity index (χ1v) is 5.92. The van der Waals surface area contributed by atoms with E-state index in [1.165, 1.54) is 5.56 Å². The maximum Gasteiger partial charge on any atom is 0.380 e. The van der Waals surface area contributed by atoms with Gasteiger partial charge in [0.15, 0.2) is 0 Å². The highest BCUT2D eigenvalue weighted by Gasteiger charge is 2.17. The topological polar surface area (TPSA) is 53.3 Å². The van der Waals surface area contributed by atoms with Crippen LogP contribution in [0.5, 0.6) is 0 Å². The Hall–Kier alpha value is -2.29. The highest BCUT2D eigenvalue weighted by Crippen LogP contribution is 2.25. The Morgan fingerprint density at radius 1 is 1.06 bits per heavy atom. The second kappa shape index (κ2) is 3.88. The lowest BCUT2D eigenvalue weighted by Gasteiger charge is -1.98. The zero-order valence-electron chi connectivity index (χ0n) is 10.4. The number of benzene rings is 2. The number of hydrogen-bond donors (Lipinski definition) is 1. The molecule has 0 atom stereocenters. The van der Waals surface area contributed by atoms with Crippen LogP contribution >= 0.6 is 0 Å². The van der Waals surface area contributed by atoms with E-state index in [-0.39, 0.29) is 0 Å². The van der Waals surface area contributed by atoms with Gasteiger partial charge in [-0.2, -0.15) is 4.98 Å². The predicted octanol–water partition coefficient (Wildman–Crippen LogP) is 3.11. The summed E-state index contributed by atoms with van der Waals surface area (Å²) in [7, 11) is 0. The summed E-state index contributed by atoms with van der Waals surface area (Å²) < 4.78 is 5.83. The van der Waals surface area contributed by atoms with Crippen molar-refractivity contribution in [3.8, 4) is 11.5 Å². The van der Waals surface area contributed by atoms with E-state index in [2.05, 4.69) is 18.0 Å². The summed E-state index contributed by atoms with van der Waals surface area (Å²) >= 11 is 0. The summed E-state index contributed by atoms with van der Waals surface area (Å²) in [6.45, 7) is 4.09. The Balaban J connectivity index is 2.19. The second-order valence-electron chi connectivity index (χ2n) is 4.63. The van der Waals surface area contributed by atoms with Gasteiger partial charge in [0.25, 0.3) is 0 Å². The number of hydrogen-bond acceptors (Lipinski definition) is 2. The summed E-state index contributed by atoms with van der Waals surface area (Å²) in [6.07, 6.45) is 0. The Kier molecular flexibility index (Phi) is 2.33. The monoisotopic (exact) mass is 239 g/mol. The molecular formula is C15H15N2O+. The lowest BCUT2D eigenvalue weighted by Crippen LogP contribution is -2.02. The molecule has 0 radical (unpaired) electrons. The minimum absolute atomic E-state index is 0.767. The molecule has 0 spiro atoms. The van der Waals surface area contributed by atoms with Gasteiger partial charge in [-0.1, -0.05) is 6.07 Å². The van der Waals surface area contributed by atoms with E-state index >= 15 is 0 Å². The molecule has 3 heteroatoms. The van der Waals surface area contributed by atoms with Crippen molar-refractivity contribution >= 4 is 16.8 Å². The Morgan fingerprint density at radius 2 is 1.89 bits per heavy atom. The number of oxazole rings is 1. The third-order valence-corrected chi connectivity index (χ3v) is 3.09. The van der Waals surface area contributed by atoms with Crippen molar-refractivity contribution in [1.29, 1.82) is 0 Å². The van der Waals surface area contributed by atoms with Gasteiger partial charge in [0.2, 0.25) is 11.1 Å². The van der Waals surface area contributed by atoms with Gasteiger partial charge in [-0.3, -0.25) is 0 Å². The predicted molar refractivity (Wildman–Crippen MR) is 72.1 cm³/mol. The number of rotatable bonds is 1. The van der Waals surface area contributed by atoms with E-state index < -0.39 is 0 Å². The van der Waals surface area contributed by atoms with E-state index in [0.29, 0.717) is 0 Å². The standard InChI is InChI=1S/C15H14N2O/c1-9-3-6-14-13(7-9)17-15(18-14)12-5-4-11(16)8-10(12)2/h3-8H,16H2,1-2H3/p+1. The number of nitrogens with two attached hydrogens (primary N) is 1. The van der Waals surface area contributed by atoms with Gasteiger partial charge in [0.1, 0.15) is 0 Å². The zero-order chi connectivity index (χ0) is 12.7. The number of fused-ring (bicyclic) bond motifs is 1. The SMILES string of the molecule is Cc1ccc2oc(-c3ccc(N)cc3C)[nH+]c2c1. The number of aromatic nitrogens is 1. The van der Waals surface area contributed by atoms with Crippen molar-refractivity contribution in [2.75, 3.05) is 5.73 Å². The molecule has 3 aromatic rings.